The number of benzene rings is 3. The molecule has 170 valence electrons. The van der Waals surface area contributed by atoms with Gasteiger partial charge in [-0.1, -0.05) is 73.2 Å². The maximum atomic E-state index is 13.3. The molecule has 1 amide bonds. The fourth-order valence-corrected chi connectivity index (χ4v) is 5.05. The van der Waals surface area contributed by atoms with Crippen molar-refractivity contribution in [1.29, 1.82) is 0 Å². The summed E-state index contributed by atoms with van der Waals surface area (Å²) in [6.07, 6.45) is 3.54. The van der Waals surface area contributed by atoms with Crippen LogP contribution in [0.2, 0.25) is 0 Å². The maximum Gasteiger partial charge on any atom is 0.262 e. The molecule has 0 saturated carbocycles. The number of hydrogen-bond donors (Lipinski definition) is 2. The van der Waals surface area contributed by atoms with E-state index in [4.69, 9.17) is 0 Å². The molecule has 0 fully saturated rings. The Kier molecular flexibility index (Phi) is 7.19. The van der Waals surface area contributed by atoms with Crippen LogP contribution in [0, 0.1) is 0 Å². The van der Waals surface area contributed by atoms with E-state index in [-0.39, 0.29) is 10.8 Å². The third kappa shape index (κ3) is 5.87. The number of anilines is 1. The van der Waals surface area contributed by atoms with Gasteiger partial charge < -0.3 is 5.32 Å². The van der Waals surface area contributed by atoms with Crippen LogP contribution in [0.4, 0.5) is 5.69 Å². The minimum Gasteiger partial charge on any atom is -0.325 e. The Morgan fingerprint density at radius 2 is 1.48 bits per heavy atom. The van der Waals surface area contributed by atoms with Crippen LogP contribution in [0.15, 0.2) is 94.8 Å². The molecule has 0 bridgehead atoms. The van der Waals surface area contributed by atoms with Gasteiger partial charge in [0.2, 0.25) is 5.91 Å². The van der Waals surface area contributed by atoms with Gasteiger partial charge in [-0.3, -0.25) is 14.5 Å². The lowest BCUT2D eigenvalue weighted by Crippen LogP contribution is -2.30. The Morgan fingerprint density at radius 1 is 0.818 bits per heavy atom. The van der Waals surface area contributed by atoms with Gasteiger partial charge in [-0.2, -0.15) is 0 Å². The van der Waals surface area contributed by atoms with Gasteiger partial charge in [0.25, 0.3) is 10.0 Å². The first kappa shape index (κ1) is 22.7. The maximum absolute atomic E-state index is 13.3. The van der Waals surface area contributed by atoms with Crippen molar-refractivity contribution < 1.29 is 13.2 Å². The van der Waals surface area contributed by atoms with Crippen molar-refractivity contribution in [3.63, 3.8) is 0 Å². The molecule has 1 aliphatic rings. The molecule has 0 aromatic heterocycles. The molecule has 2 N–H and O–H groups in total. The molecule has 0 saturated heterocycles. The smallest absolute Gasteiger partial charge is 0.262 e. The average molecular weight is 462 g/mol. The lowest BCUT2D eigenvalue weighted by atomic mass is 9.90. The summed E-state index contributed by atoms with van der Waals surface area (Å²) in [7, 11) is -3.79. The second-order valence-electron chi connectivity index (χ2n) is 8.02. The number of hydrogen-bond acceptors (Lipinski definition) is 4. The fraction of sp³-hybridized carbons (Fsp3) is 0.231. The topological polar surface area (TPSA) is 87.6 Å². The molecule has 1 aliphatic heterocycles. The summed E-state index contributed by atoms with van der Waals surface area (Å²) in [6.45, 7) is 0.633. The number of sulfonamides is 1. The van der Waals surface area contributed by atoms with Crippen LogP contribution in [-0.2, 0) is 14.8 Å². The van der Waals surface area contributed by atoms with Gasteiger partial charge in [0.1, 0.15) is 5.84 Å². The second kappa shape index (κ2) is 10.4. The van der Waals surface area contributed by atoms with E-state index in [1.807, 2.05) is 60.7 Å². The van der Waals surface area contributed by atoms with Crippen molar-refractivity contribution >= 4 is 27.5 Å². The van der Waals surface area contributed by atoms with Gasteiger partial charge in [-0.15, -0.1) is 0 Å². The lowest BCUT2D eigenvalue weighted by Gasteiger charge is -2.18. The van der Waals surface area contributed by atoms with Gasteiger partial charge in [0.05, 0.1) is 10.8 Å². The quantitative estimate of drug-likeness (QED) is 0.557. The zero-order valence-corrected chi connectivity index (χ0v) is 19.1. The lowest BCUT2D eigenvalue weighted by molar-refractivity contribution is -0.116. The average Bonchev–Trinajstić information content (AvgIpc) is 3.09. The van der Waals surface area contributed by atoms with Crippen LogP contribution in [0.3, 0.4) is 0 Å². The second-order valence-corrected chi connectivity index (χ2v) is 9.70. The Hall–Kier alpha value is -3.45. The predicted octanol–water partition coefficient (Wildman–Crippen LogP) is 4.71. The van der Waals surface area contributed by atoms with Crippen LogP contribution in [0.5, 0.6) is 0 Å². The Labute approximate surface area is 194 Å². The first-order valence-electron chi connectivity index (χ1n) is 11.1. The summed E-state index contributed by atoms with van der Waals surface area (Å²) in [5.41, 5.74) is 2.14. The number of nitrogens with one attached hydrogen (secondary N) is 2. The monoisotopic (exact) mass is 461 g/mol. The molecule has 4 rings (SSSR count). The molecule has 7 heteroatoms. The molecule has 0 atom stereocenters. The van der Waals surface area contributed by atoms with E-state index in [1.165, 1.54) is 12.1 Å². The van der Waals surface area contributed by atoms with E-state index in [0.717, 1.165) is 30.4 Å². The Bertz CT molecular complexity index is 1190. The van der Waals surface area contributed by atoms with Gasteiger partial charge >= 0.3 is 0 Å². The molecule has 3 aromatic carbocycles. The minimum absolute atomic E-state index is 0.0863. The SMILES string of the molecule is O=C(Nc1cccc(S(=O)(=O)NC2=NCCCCC2)c1)C(c1ccccc1)c1ccccc1. The molecule has 3 aromatic rings. The van der Waals surface area contributed by atoms with Crippen LogP contribution in [-0.4, -0.2) is 26.7 Å². The number of nitrogens with zero attached hydrogens (tertiary/aromatic N) is 1. The van der Waals surface area contributed by atoms with Crippen LogP contribution >= 0.6 is 0 Å². The Morgan fingerprint density at radius 3 is 2.15 bits per heavy atom. The first-order chi connectivity index (χ1) is 16.0. The molecular formula is C26H27N3O3S. The molecule has 0 radical (unpaired) electrons. The Balaban J connectivity index is 1.56. The van der Waals surface area contributed by atoms with Crippen molar-refractivity contribution in [2.24, 2.45) is 4.99 Å². The molecular weight excluding hydrogens is 434 g/mol. The van der Waals surface area contributed by atoms with Crippen LogP contribution < -0.4 is 10.0 Å². The summed E-state index contributed by atoms with van der Waals surface area (Å²) in [4.78, 5) is 17.8. The zero-order valence-electron chi connectivity index (χ0n) is 18.3. The highest BCUT2D eigenvalue weighted by atomic mass is 32.2. The number of carbonyl (C=O) groups is 1. The van der Waals surface area contributed by atoms with Crippen LogP contribution in [0.25, 0.3) is 0 Å². The third-order valence-electron chi connectivity index (χ3n) is 5.57. The largest absolute Gasteiger partial charge is 0.325 e. The number of aliphatic imine (C=N–C) groups is 1. The van der Waals surface area contributed by atoms with Crippen molar-refractivity contribution in [3.8, 4) is 0 Å². The number of rotatable bonds is 6. The van der Waals surface area contributed by atoms with Crippen molar-refractivity contribution in [3.05, 3.63) is 96.1 Å². The van der Waals surface area contributed by atoms with E-state index in [1.54, 1.807) is 12.1 Å². The van der Waals surface area contributed by atoms with E-state index >= 15 is 0 Å². The van der Waals surface area contributed by atoms with Crippen LogP contribution in [0.1, 0.15) is 42.7 Å². The van der Waals surface area contributed by atoms with E-state index in [2.05, 4.69) is 15.0 Å². The summed E-state index contributed by atoms with van der Waals surface area (Å²) >= 11 is 0. The van der Waals surface area contributed by atoms with Crippen molar-refractivity contribution in [2.75, 3.05) is 11.9 Å². The fourth-order valence-electron chi connectivity index (χ4n) is 3.91. The van der Waals surface area contributed by atoms with Gasteiger partial charge in [-0.05, 0) is 42.2 Å². The standard InChI is InChI=1S/C26H27N3O3S/c30-26(25(20-11-4-1-5-12-20)21-13-6-2-7-14-21)28-22-15-10-16-23(19-22)33(31,32)29-24-17-8-3-9-18-27-24/h1-2,4-7,10-16,19,25H,3,8-9,17-18H2,(H,27,29)(H,28,30). The van der Waals surface area contributed by atoms with E-state index in [9.17, 15) is 13.2 Å². The highest BCUT2D eigenvalue weighted by Crippen LogP contribution is 2.27. The number of amidine groups is 1. The zero-order chi connectivity index (χ0) is 23.1. The highest BCUT2D eigenvalue weighted by Gasteiger charge is 2.23. The van der Waals surface area contributed by atoms with Crippen molar-refractivity contribution in [2.45, 2.75) is 36.5 Å². The molecule has 0 aliphatic carbocycles. The summed E-state index contributed by atoms with van der Waals surface area (Å²) in [5, 5.41) is 2.90. The normalized spacial score (nSPS) is 14.3. The molecule has 6 nitrogen and oxygen atoms in total. The number of amides is 1. The van der Waals surface area contributed by atoms with Crippen molar-refractivity contribution in [1.82, 2.24) is 4.72 Å². The molecule has 0 spiro atoms. The van der Waals surface area contributed by atoms with E-state index < -0.39 is 15.9 Å². The molecule has 1 heterocycles. The van der Waals surface area contributed by atoms with Gasteiger partial charge in [-0.25, -0.2) is 8.42 Å². The number of carbonyl (C=O) groups excluding carboxylic acids is 1. The third-order valence-corrected chi connectivity index (χ3v) is 6.95. The predicted molar refractivity (Wildman–Crippen MR) is 131 cm³/mol. The highest BCUT2D eigenvalue weighted by molar-refractivity contribution is 7.90. The summed E-state index contributed by atoms with van der Waals surface area (Å²) < 4.78 is 28.5. The molecule has 33 heavy (non-hydrogen) atoms. The molecule has 0 unspecified atom stereocenters. The first-order valence-corrected chi connectivity index (χ1v) is 12.6. The summed E-state index contributed by atoms with van der Waals surface area (Å²) in [6, 6.07) is 25.4. The van der Waals surface area contributed by atoms with Gasteiger partial charge in [0.15, 0.2) is 0 Å². The van der Waals surface area contributed by atoms with Gasteiger partial charge in [0, 0.05) is 18.7 Å². The summed E-state index contributed by atoms with van der Waals surface area (Å²) in [5.74, 6) is -0.260. The van der Waals surface area contributed by atoms with E-state index in [0.29, 0.717) is 24.5 Å². The minimum atomic E-state index is -3.79.